The number of aromatic nitrogens is 3. The SMILES string of the molecule is COc1ccc(-n2c(CN3CCN(S(C)(=O)=O)CC3)nc3cccnc32)cc1. The molecule has 1 aromatic carbocycles. The molecule has 1 saturated heterocycles. The van der Waals surface area contributed by atoms with Gasteiger partial charge in [0.1, 0.15) is 17.1 Å². The third-order valence-corrected chi connectivity index (χ3v) is 6.28. The molecule has 1 fully saturated rings. The number of sulfonamides is 1. The van der Waals surface area contributed by atoms with E-state index in [0.29, 0.717) is 32.7 Å². The van der Waals surface area contributed by atoms with Gasteiger partial charge in [-0.15, -0.1) is 0 Å². The lowest BCUT2D eigenvalue weighted by Crippen LogP contribution is -2.48. The van der Waals surface area contributed by atoms with Gasteiger partial charge in [-0.1, -0.05) is 0 Å². The number of ether oxygens (including phenoxy) is 1. The molecule has 3 aromatic rings. The van der Waals surface area contributed by atoms with E-state index in [9.17, 15) is 8.42 Å². The molecule has 28 heavy (non-hydrogen) atoms. The maximum atomic E-state index is 11.7. The monoisotopic (exact) mass is 401 g/mol. The Labute approximate surface area is 164 Å². The second-order valence-corrected chi connectivity index (χ2v) is 8.83. The van der Waals surface area contributed by atoms with Gasteiger partial charge in [-0.05, 0) is 36.4 Å². The van der Waals surface area contributed by atoms with Crippen molar-refractivity contribution in [2.75, 3.05) is 39.5 Å². The van der Waals surface area contributed by atoms with Crippen LogP contribution in [0.1, 0.15) is 5.82 Å². The number of piperazine rings is 1. The Kier molecular flexibility index (Phi) is 5.05. The Hall–Kier alpha value is -2.49. The summed E-state index contributed by atoms with van der Waals surface area (Å²) in [5.41, 5.74) is 2.60. The molecule has 4 rings (SSSR count). The highest BCUT2D eigenvalue weighted by molar-refractivity contribution is 7.88. The van der Waals surface area contributed by atoms with E-state index in [-0.39, 0.29) is 0 Å². The average Bonchev–Trinajstić information content (AvgIpc) is 3.05. The predicted molar refractivity (Wildman–Crippen MR) is 107 cm³/mol. The smallest absolute Gasteiger partial charge is 0.211 e. The zero-order chi connectivity index (χ0) is 19.7. The molecule has 1 aliphatic rings. The van der Waals surface area contributed by atoms with Gasteiger partial charge in [-0.3, -0.25) is 9.47 Å². The molecule has 0 amide bonds. The third kappa shape index (κ3) is 3.73. The Bertz CT molecular complexity index is 1070. The molecule has 2 aromatic heterocycles. The Morgan fingerprint density at radius 1 is 1.07 bits per heavy atom. The molecule has 0 saturated carbocycles. The van der Waals surface area contributed by atoms with Crippen LogP contribution in [0.3, 0.4) is 0 Å². The number of hydrogen-bond acceptors (Lipinski definition) is 6. The van der Waals surface area contributed by atoms with Crippen LogP contribution in [0, 0.1) is 0 Å². The Morgan fingerprint density at radius 2 is 1.79 bits per heavy atom. The number of pyridine rings is 1. The molecule has 0 spiro atoms. The highest BCUT2D eigenvalue weighted by Crippen LogP contribution is 2.23. The van der Waals surface area contributed by atoms with Gasteiger partial charge in [-0.2, -0.15) is 4.31 Å². The molecule has 0 aliphatic carbocycles. The summed E-state index contributed by atoms with van der Waals surface area (Å²) in [5, 5.41) is 0. The molecule has 1 aliphatic heterocycles. The van der Waals surface area contributed by atoms with Crippen LogP contribution in [0.4, 0.5) is 0 Å². The van der Waals surface area contributed by atoms with E-state index >= 15 is 0 Å². The second kappa shape index (κ2) is 7.50. The van der Waals surface area contributed by atoms with Crippen LogP contribution in [0.25, 0.3) is 16.9 Å². The van der Waals surface area contributed by atoms with Crippen molar-refractivity contribution >= 4 is 21.2 Å². The van der Waals surface area contributed by atoms with Crippen molar-refractivity contribution in [3.05, 3.63) is 48.4 Å². The molecular formula is C19H23N5O3S. The largest absolute Gasteiger partial charge is 0.497 e. The summed E-state index contributed by atoms with van der Waals surface area (Å²) in [6.45, 7) is 2.97. The van der Waals surface area contributed by atoms with E-state index < -0.39 is 10.0 Å². The van der Waals surface area contributed by atoms with Crippen molar-refractivity contribution in [2.45, 2.75) is 6.54 Å². The summed E-state index contributed by atoms with van der Waals surface area (Å²) < 4.78 is 32.3. The predicted octanol–water partition coefficient (Wildman–Crippen LogP) is 1.51. The van der Waals surface area contributed by atoms with Crippen LogP contribution in [0.5, 0.6) is 5.75 Å². The maximum Gasteiger partial charge on any atom is 0.211 e. The standard InChI is InChI=1S/C19H23N5O3S/c1-27-16-7-5-15(6-8-16)24-18(21-17-4-3-9-20-19(17)24)14-22-10-12-23(13-11-22)28(2,25)26/h3-9H,10-14H2,1-2H3. The van der Waals surface area contributed by atoms with Crippen molar-refractivity contribution in [1.82, 2.24) is 23.7 Å². The van der Waals surface area contributed by atoms with Crippen molar-refractivity contribution < 1.29 is 13.2 Å². The minimum absolute atomic E-state index is 0.500. The highest BCUT2D eigenvalue weighted by atomic mass is 32.2. The van der Waals surface area contributed by atoms with Gasteiger partial charge in [0, 0.05) is 38.1 Å². The van der Waals surface area contributed by atoms with Gasteiger partial charge < -0.3 is 4.74 Å². The van der Waals surface area contributed by atoms with Gasteiger partial charge >= 0.3 is 0 Å². The third-order valence-electron chi connectivity index (χ3n) is 4.98. The minimum Gasteiger partial charge on any atom is -0.497 e. The van der Waals surface area contributed by atoms with E-state index in [1.807, 2.05) is 36.4 Å². The number of benzene rings is 1. The van der Waals surface area contributed by atoms with Crippen LogP contribution < -0.4 is 4.74 Å². The fourth-order valence-corrected chi connectivity index (χ4v) is 4.31. The molecule has 0 N–H and O–H groups in total. The lowest BCUT2D eigenvalue weighted by Gasteiger charge is -2.32. The molecule has 0 atom stereocenters. The first-order chi connectivity index (χ1) is 13.5. The highest BCUT2D eigenvalue weighted by Gasteiger charge is 2.25. The minimum atomic E-state index is -3.14. The summed E-state index contributed by atoms with van der Waals surface area (Å²) in [6.07, 6.45) is 3.02. The average molecular weight is 401 g/mol. The van der Waals surface area contributed by atoms with Crippen LogP contribution in [0.2, 0.25) is 0 Å². The normalized spacial score (nSPS) is 16.5. The molecule has 8 nitrogen and oxygen atoms in total. The summed E-state index contributed by atoms with van der Waals surface area (Å²) in [6, 6.07) is 11.6. The van der Waals surface area contributed by atoms with Gasteiger partial charge in [0.15, 0.2) is 5.65 Å². The number of methoxy groups -OCH3 is 1. The second-order valence-electron chi connectivity index (χ2n) is 6.85. The Balaban J connectivity index is 1.64. The summed E-state index contributed by atoms with van der Waals surface area (Å²) in [4.78, 5) is 11.5. The van der Waals surface area contributed by atoms with Crippen molar-refractivity contribution in [2.24, 2.45) is 0 Å². The quantitative estimate of drug-likeness (QED) is 0.645. The topological polar surface area (TPSA) is 80.6 Å². The number of rotatable bonds is 5. The first-order valence-corrected chi connectivity index (χ1v) is 10.9. The molecule has 0 radical (unpaired) electrons. The maximum absolute atomic E-state index is 11.7. The van der Waals surface area contributed by atoms with Gasteiger partial charge in [0.25, 0.3) is 0 Å². The molecule has 9 heteroatoms. The number of imidazole rings is 1. The lowest BCUT2D eigenvalue weighted by molar-refractivity contribution is 0.178. The zero-order valence-electron chi connectivity index (χ0n) is 15.9. The van der Waals surface area contributed by atoms with Crippen LogP contribution >= 0.6 is 0 Å². The summed E-state index contributed by atoms with van der Waals surface area (Å²) in [7, 11) is -1.49. The van der Waals surface area contributed by atoms with Crippen molar-refractivity contribution in [3.63, 3.8) is 0 Å². The van der Waals surface area contributed by atoms with Crippen molar-refractivity contribution in [1.29, 1.82) is 0 Å². The summed E-state index contributed by atoms with van der Waals surface area (Å²) in [5.74, 6) is 1.67. The fraction of sp³-hybridized carbons (Fsp3) is 0.368. The van der Waals surface area contributed by atoms with Crippen LogP contribution in [-0.2, 0) is 16.6 Å². The number of fused-ring (bicyclic) bond motifs is 1. The molecular weight excluding hydrogens is 378 g/mol. The number of nitrogens with zero attached hydrogens (tertiary/aromatic N) is 5. The summed E-state index contributed by atoms with van der Waals surface area (Å²) >= 11 is 0. The van der Waals surface area contributed by atoms with E-state index in [2.05, 4.69) is 14.5 Å². The number of hydrogen-bond donors (Lipinski definition) is 0. The van der Waals surface area contributed by atoms with Gasteiger partial charge in [0.05, 0.1) is 19.9 Å². The molecule has 3 heterocycles. The van der Waals surface area contributed by atoms with Crippen molar-refractivity contribution in [3.8, 4) is 11.4 Å². The van der Waals surface area contributed by atoms with Crippen LogP contribution in [0.15, 0.2) is 42.6 Å². The van der Waals surface area contributed by atoms with Crippen LogP contribution in [-0.4, -0.2) is 71.7 Å². The van der Waals surface area contributed by atoms with E-state index in [1.165, 1.54) is 10.6 Å². The van der Waals surface area contributed by atoms with E-state index in [1.54, 1.807) is 13.3 Å². The molecule has 0 bridgehead atoms. The molecule has 0 unspecified atom stereocenters. The van der Waals surface area contributed by atoms with E-state index in [4.69, 9.17) is 9.72 Å². The Morgan fingerprint density at radius 3 is 2.43 bits per heavy atom. The van der Waals surface area contributed by atoms with Gasteiger partial charge in [-0.25, -0.2) is 18.4 Å². The zero-order valence-corrected chi connectivity index (χ0v) is 16.8. The van der Waals surface area contributed by atoms with E-state index in [0.717, 1.165) is 28.4 Å². The molecule has 148 valence electrons. The first kappa shape index (κ1) is 18.9. The first-order valence-electron chi connectivity index (χ1n) is 9.10. The lowest BCUT2D eigenvalue weighted by atomic mass is 10.3. The van der Waals surface area contributed by atoms with Gasteiger partial charge in [0.2, 0.25) is 10.0 Å². The fourth-order valence-electron chi connectivity index (χ4n) is 3.49.